The Labute approximate surface area is 123 Å². The van der Waals surface area contributed by atoms with E-state index in [0.29, 0.717) is 6.54 Å². The number of benzene rings is 1. The van der Waals surface area contributed by atoms with Crippen LogP contribution in [0.25, 0.3) is 0 Å². The number of aliphatic carboxylic acids is 1. The normalized spacial score (nSPS) is 11.5. The first-order chi connectivity index (χ1) is 9.78. The Morgan fingerprint density at radius 2 is 1.95 bits per heavy atom. The average Bonchev–Trinajstić information content (AvgIpc) is 2.41. The number of carbonyl (C=O) groups excluding carboxylic acids is 1. The van der Waals surface area contributed by atoms with Crippen molar-refractivity contribution in [1.82, 2.24) is 4.90 Å². The van der Waals surface area contributed by atoms with Gasteiger partial charge in [-0.3, -0.25) is 14.5 Å². The van der Waals surface area contributed by atoms with Crippen LogP contribution in [0, 0.1) is 5.82 Å². The van der Waals surface area contributed by atoms with Gasteiger partial charge >= 0.3 is 5.97 Å². The molecule has 0 heterocycles. The van der Waals surface area contributed by atoms with Crippen molar-refractivity contribution in [1.29, 1.82) is 0 Å². The van der Waals surface area contributed by atoms with E-state index in [9.17, 15) is 19.1 Å². The second-order valence-electron chi connectivity index (χ2n) is 5.22. The van der Waals surface area contributed by atoms with Crippen LogP contribution in [0.4, 0.5) is 10.1 Å². The lowest BCUT2D eigenvalue weighted by molar-refractivity contribution is -0.149. The van der Waals surface area contributed by atoms with Crippen molar-refractivity contribution in [3.8, 4) is 0 Å². The molecule has 0 aliphatic heterocycles. The van der Waals surface area contributed by atoms with Gasteiger partial charge in [0.1, 0.15) is 11.4 Å². The summed E-state index contributed by atoms with van der Waals surface area (Å²) in [6.07, 6.45) is 0.0961. The number of hydrogen-bond acceptors (Lipinski definition) is 3. The topological polar surface area (TPSA) is 69.6 Å². The molecule has 0 aromatic heterocycles. The summed E-state index contributed by atoms with van der Waals surface area (Å²) in [6, 6.07) is 5.91. The molecule has 0 bridgehead atoms. The molecule has 1 rings (SSSR count). The van der Waals surface area contributed by atoms with Crippen LogP contribution in [0.15, 0.2) is 24.3 Å². The van der Waals surface area contributed by atoms with E-state index in [-0.39, 0.29) is 24.6 Å². The molecule has 0 radical (unpaired) electrons. The summed E-state index contributed by atoms with van der Waals surface area (Å²) in [4.78, 5) is 24.7. The van der Waals surface area contributed by atoms with E-state index in [1.165, 1.54) is 12.1 Å². The highest BCUT2D eigenvalue weighted by molar-refractivity contribution is 5.91. The highest BCUT2D eigenvalue weighted by atomic mass is 19.1. The molecule has 0 atom stereocenters. The summed E-state index contributed by atoms with van der Waals surface area (Å²) >= 11 is 0. The van der Waals surface area contributed by atoms with E-state index in [1.807, 2.05) is 6.92 Å². The van der Waals surface area contributed by atoms with Gasteiger partial charge in [0.05, 0.1) is 5.69 Å². The zero-order valence-electron chi connectivity index (χ0n) is 12.5. The molecule has 116 valence electrons. The largest absolute Gasteiger partial charge is 0.480 e. The first-order valence-electron chi connectivity index (χ1n) is 6.81. The van der Waals surface area contributed by atoms with Gasteiger partial charge in [-0.25, -0.2) is 4.39 Å². The van der Waals surface area contributed by atoms with Gasteiger partial charge in [-0.2, -0.15) is 0 Å². The minimum atomic E-state index is -1.05. The van der Waals surface area contributed by atoms with Crippen molar-refractivity contribution < 1.29 is 19.1 Å². The monoisotopic (exact) mass is 296 g/mol. The Bertz CT molecular complexity index is 517. The fourth-order valence-electron chi connectivity index (χ4n) is 1.98. The van der Waals surface area contributed by atoms with Gasteiger partial charge < -0.3 is 10.4 Å². The Hall–Kier alpha value is -1.95. The highest BCUT2D eigenvalue weighted by Gasteiger charge is 2.33. The summed E-state index contributed by atoms with van der Waals surface area (Å²) < 4.78 is 13.4. The minimum absolute atomic E-state index is 0.0961. The zero-order valence-corrected chi connectivity index (χ0v) is 12.5. The third-order valence-electron chi connectivity index (χ3n) is 3.45. The molecule has 6 heteroatoms. The van der Waals surface area contributed by atoms with Crippen LogP contribution in [-0.4, -0.2) is 40.5 Å². The Morgan fingerprint density at radius 3 is 2.48 bits per heavy atom. The first kappa shape index (κ1) is 17.1. The van der Waals surface area contributed by atoms with E-state index in [2.05, 4.69) is 5.32 Å². The molecule has 0 aliphatic carbocycles. The molecule has 0 saturated heterocycles. The third-order valence-corrected chi connectivity index (χ3v) is 3.45. The molecule has 1 aromatic rings. The average molecular weight is 296 g/mol. The number of nitrogens with one attached hydrogen (secondary N) is 1. The quantitative estimate of drug-likeness (QED) is 0.810. The van der Waals surface area contributed by atoms with Gasteiger partial charge in [0.15, 0.2) is 0 Å². The molecular weight excluding hydrogens is 275 g/mol. The van der Waals surface area contributed by atoms with Crippen LogP contribution in [0.3, 0.4) is 0 Å². The number of para-hydroxylation sites is 1. The van der Waals surface area contributed by atoms with Gasteiger partial charge in [0.2, 0.25) is 5.91 Å². The summed E-state index contributed by atoms with van der Waals surface area (Å²) in [5.74, 6) is -1.79. The van der Waals surface area contributed by atoms with Crippen LogP contribution in [0.2, 0.25) is 0 Å². The molecule has 0 unspecified atom stereocenters. The van der Waals surface area contributed by atoms with Crippen LogP contribution >= 0.6 is 0 Å². The Kier molecular flexibility index (Phi) is 5.84. The maximum atomic E-state index is 13.4. The zero-order chi connectivity index (χ0) is 16.0. The van der Waals surface area contributed by atoms with Gasteiger partial charge in [-0.05, 0) is 32.5 Å². The van der Waals surface area contributed by atoms with Crippen LogP contribution in [0.1, 0.15) is 27.2 Å². The number of carboxylic acids is 1. The van der Waals surface area contributed by atoms with Crippen molar-refractivity contribution in [2.75, 3.05) is 18.4 Å². The molecule has 2 N–H and O–H groups in total. The van der Waals surface area contributed by atoms with Crippen LogP contribution in [0.5, 0.6) is 0 Å². The molecule has 1 amide bonds. The number of carboxylic acid groups (broad SMARTS) is 1. The lowest BCUT2D eigenvalue weighted by atomic mass is 10.0. The van der Waals surface area contributed by atoms with Crippen molar-refractivity contribution in [2.45, 2.75) is 32.7 Å². The number of anilines is 1. The smallest absolute Gasteiger partial charge is 0.323 e. The standard InChI is InChI=1S/C15H21FN2O3/c1-4-18(15(2,3)14(20)21)10-9-13(19)17-12-8-6-5-7-11(12)16/h5-8H,4,9-10H2,1-3H3,(H,17,19)(H,20,21). The van der Waals surface area contributed by atoms with E-state index in [1.54, 1.807) is 30.9 Å². The fourth-order valence-corrected chi connectivity index (χ4v) is 1.98. The Morgan fingerprint density at radius 1 is 1.33 bits per heavy atom. The van der Waals surface area contributed by atoms with Crippen LogP contribution in [-0.2, 0) is 9.59 Å². The maximum Gasteiger partial charge on any atom is 0.323 e. The molecule has 0 saturated carbocycles. The van der Waals surface area contributed by atoms with Crippen molar-refractivity contribution in [3.63, 3.8) is 0 Å². The first-order valence-corrected chi connectivity index (χ1v) is 6.81. The maximum absolute atomic E-state index is 13.4. The van der Waals surface area contributed by atoms with E-state index >= 15 is 0 Å². The lowest BCUT2D eigenvalue weighted by Crippen LogP contribution is -2.50. The second kappa shape index (κ2) is 7.17. The molecule has 21 heavy (non-hydrogen) atoms. The van der Waals surface area contributed by atoms with E-state index in [0.717, 1.165) is 0 Å². The van der Waals surface area contributed by atoms with Crippen LogP contribution < -0.4 is 5.32 Å². The molecular formula is C15H21FN2O3. The molecule has 1 aromatic carbocycles. The number of hydrogen-bond donors (Lipinski definition) is 2. The minimum Gasteiger partial charge on any atom is -0.480 e. The summed E-state index contributed by atoms with van der Waals surface area (Å²) in [5.41, 5.74) is -0.921. The predicted molar refractivity (Wildman–Crippen MR) is 78.6 cm³/mol. The number of rotatable bonds is 7. The Balaban J connectivity index is 2.60. The third kappa shape index (κ3) is 4.53. The predicted octanol–water partition coefficient (Wildman–Crippen LogP) is 2.34. The highest BCUT2D eigenvalue weighted by Crippen LogP contribution is 2.16. The van der Waals surface area contributed by atoms with Gasteiger partial charge in [-0.15, -0.1) is 0 Å². The van der Waals surface area contributed by atoms with Crippen molar-refractivity contribution in [2.24, 2.45) is 0 Å². The lowest BCUT2D eigenvalue weighted by Gasteiger charge is -2.33. The summed E-state index contributed by atoms with van der Waals surface area (Å²) in [7, 11) is 0. The number of halogens is 1. The number of nitrogens with zero attached hydrogens (tertiary/aromatic N) is 1. The molecule has 0 aliphatic rings. The SMILES string of the molecule is CCN(CCC(=O)Nc1ccccc1F)C(C)(C)C(=O)O. The fraction of sp³-hybridized carbons (Fsp3) is 0.467. The van der Waals surface area contributed by atoms with Gasteiger partial charge in [0, 0.05) is 13.0 Å². The number of likely N-dealkylation sites (N-methyl/N-ethyl adjacent to an activating group) is 1. The van der Waals surface area contributed by atoms with Gasteiger partial charge in [-0.1, -0.05) is 19.1 Å². The number of amides is 1. The molecule has 5 nitrogen and oxygen atoms in total. The van der Waals surface area contributed by atoms with Crippen molar-refractivity contribution in [3.05, 3.63) is 30.1 Å². The second-order valence-corrected chi connectivity index (χ2v) is 5.22. The van der Waals surface area contributed by atoms with Crippen molar-refractivity contribution >= 4 is 17.6 Å². The van der Waals surface area contributed by atoms with E-state index < -0.39 is 17.3 Å². The van der Waals surface area contributed by atoms with E-state index in [4.69, 9.17) is 0 Å². The molecule has 0 fully saturated rings. The summed E-state index contributed by atoms with van der Waals surface area (Å²) in [6.45, 7) is 5.81. The summed E-state index contributed by atoms with van der Waals surface area (Å²) in [5, 5.41) is 11.7. The molecule has 0 spiro atoms. The van der Waals surface area contributed by atoms with Gasteiger partial charge in [0.25, 0.3) is 0 Å². The number of carbonyl (C=O) groups is 2.